The number of rotatable bonds is 4. The Bertz CT molecular complexity index is 303. The third kappa shape index (κ3) is 3.30. The standard InChI is InChI=1S/C10H15N3/c1-3-4-5-6-13-9-10(7-11-2)8-12-13/h8-9,11H,5-7H2,1-2H3. The summed E-state index contributed by atoms with van der Waals surface area (Å²) in [5, 5.41) is 7.30. The Hall–Kier alpha value is -1.27. The second-order valence-electron chi connectivity index (χ2n) is 2.82. The van der Waals surface area contributed by atoms with Crippen LogP contribution in [0.4, 0.5) is 0 Å². The van der Waals surface area contributed by atoms with E-state index in [0.29, 0.717) is 0 Å². The van der Waals surface area contributed by atoms with Crippen molar-refractivity contribution in [3.63, 3.8) is 0 Å². The number of nitrogens with zero attached hydrogens (tertiary/aromatic N) is 2. The summed E-state index contributed by atoms with van der Waals surface area (Å²) in [6.07, 6.45) is 4.81. The number of aromatic nitrogens is 2. The number of aryl methyl sites for hydroxylation is 1. The molecule has 0 radical (unpaired) electrons. The van der Waals surface area contributed by atoms with Gasteiger partial charge in [-0.15, -0.1) is 11.8 Å². The van der Waals surface area contributed by atoms with Gasteiger partial charge in [0.1, 0.15) is 0 Å². The fraction of sp³-hybridized carbons (Fsp3) is 0.500. The van der Waals surface area contributed by atoms with Crippen LogP contribution >= 0.6 is 0 Å². The van der Waals surface area contributed by atoms with Crippen molar-refractivity contribution in [2.75, 3.05) is 7.05 Å². The minimum Gasteiger partial charge on any atom is -0.316 e. The van der Waals surface area contributed by atoms with Crippen LogP contribution in [0.1, 0.15) is 18.9 Å². The molecule has 0 saturated heterocycles. The van der Waals surface area contributed by atoms with E-state index in [0.717, 1.165) is 19.5 Å². The fourth-order valence-corrected chi connectivity index (χ4v) is 1.12. The van der Waals surface area contributed by atoms with Crippen molar-refractivity contribution in [1.82, 2.24) is 15.1 Å². The molecule has 0 amide bonds. The van der Waals surface area contributed by atoms with Gasteiger partial charge >= 0.3 is 0 Å². The Kier molecular flexibility index (Phi) is 4.07. The normalized spacial score (nSPS) is 9.38. The van der Waals surface area contributed by atoms with Gasteiger partial charge in [-0.2, -0.15) is 5.10 Å². The van der Waals surface area contributed by atoms with E-state index in [4.69, 9.17) is 0 Å². The molecule has 3 nitrogen and oxygen atoms in total. The smallest absolute Gasteiger partial charge is 0.0534 e. The van der Waals surface area contributed by atoms with Crippen molar-refractivity contribution < 1.29 is 0 Å². The molecule has 0 bridgehead atoms. The van der Waals surface area contributed by atoms with Crippen LogP contribution in [0.15, 0.2) is 12.4 Å². The lowest BCUT2D eigenvalue weighted by molar-refractivity contribution is 0.629. The van der Waals surface area contributed by atoms with E-state index in [1.54, 1.807) is 0 Å². The molecule has 1 rings (SSSR count). The van der Waals surface area contributed by atoms with Crippen LogP contribution in [0, 0.1) is 11.8 Å². The monoisotopic (exact) mass is 177 g/mol. The number of hydrogen-bond donors (Lipinski definition) is 1. The maximum absolute atomic E-state index is 4.22. The predicted octanol–water partition coefficient (Wildman–Crippen LogP) is 1.02. The molecule has 0 aliphatic rings. The summed E-state index contributed by atoms with van der Waals surface area (Å²) in [4.78, 5) is 0. The van der Waals surface area contributed by atoms with Gasteiger partial charge < -0.3 is 5.32 Å². The molecule has 0 aliphatic heterocycles. The Morgan fingerprint density at radius 3 is 3.15 bits per heavy atom. The largest absolute Gasteiger partial charge is 0.316 e. The third-order valence-corrected chi connectivity index (χ3v) is 1.71. The lowest BCUT2D eigenvalue weighted by Crippen LogP contribution is -2.04. The van der Waals surface area contributed by atoms with Crippen LogP contribution in [0.3, 0.4) is 0 Å². The molecule has 3 heteroatoms. The lowest BCUT2D eigenvalue weighted by Gasteiger charge is -1.95. The van der Waals surface area contributed by atoms with E-state index in [1.807, 2.05) is 31.0 Å². The summed E-state index contributed by atoms with van der Waals surface area (Å²) in [6, 6.07) is 0. The highest BCUT2D eigenvalue weighted by Crippen LogP contribution is 1.97. The van der Waals surface area contributed by atoms with Gasteiger partial charge in [-0.1, -0.05) is 0 Å². The van der Waals surface area contributed by atoms with E-state index in [1.165, 1.54) is 5.56 Å². The first-order valence-corrected chi connectivity index (χ1v) is 4.42. The Morgan fingerprint density at radius 1 is 1.62 bits per heavy atom. The van der Waals surface area contributed by atoms with Gasteiger partial charge in [-0.25, -0.2) is 0 Å². The summed E-state index contributed by atoms with van der Waals surface area (Å²) < 4.78 is 1.93. The molecule has 1 heterocycles. The molecule has 0 spiro atoms. The summed E-state index contributed by atoms with van der Waals surface area (Å²) in [7, 11) is 1.93. The summed E-state index contributed by atoms with van der Waals surface area (Å²) >= 11 is 0. The average Bonchev–Trinajstić information content (AvgIpc) is 2.54. The van der Waals surface area contributed by atoms with Gasteiger partial charge in [0.05, 0.1) is 12.7 Å². The van der Waals surface area contributed by atoms with E-state index in [9.17, 15) is 0 Å². The quantitative estimate of drug-likeness (QED) is 0.696. The van der Waals surface area contributed by atoms with Crippen molar-refractivity contribution >= 4 is 0 Å². The van der Waals surface area contributed by atoms with E-state index < -0.39 is 0 Å². The van der Waals surface area contributed by atoms with Crippen molar-refractivity contribution in [3.05, 3.63) is 18.0 Å². The lowest BCUT2D eigenvalue weighted by atomic mass is 10.3. The number of nitrogens with one attached hydrogen (secondary N) is 1. The first-order valence-electron chi connectivity index (χ1n) is 4.42. The Balaban J connectivity index is 2.42. The predicted molar refractivity (Wildman–Crippen MR) is 53.1 cm³/mol. The first-order chi connectivity index (χ1) is 6.36. The average molecular weight is 177 g/mol. The molecule has 0 aromatic carbocycles. The van der Waals surface area contributed by atoms with Crippen LogP contribution in [0.25, 0.3) is 0 Å². The summed E-state index contributed by atoms with van der Waals surface area (Å²) in [5.74, 6) is 5.88. The summed E-state index contributed by atoms with van der Waals surface area (Å²) in [6.45, 7) is 3.61. The number of hydrogen-bond acceptors (Lipinski definition) is 2. The van der Waals surface area contributed by atoms with Gasteiger partial charge in [0.25, 0.3) is 0 Å². The highest BCUT2D eigenvalue weighted by atomic mass is 15.3. The molecule has 1 aromatic heterocycles. The molecular weight excluding hydrogens is 162 g/mol. The zero-order chi connectivity index (χ0) is 9.52. The first kappa shape index (κ1) is 9.82. The van der Waals surface area contributed by atoms with Crippen molar-refractivity contribution in [2.24, 2.45) is 0 Å². The van der Waals surface area contributed by atoms with E-state index in [-0.39, 0.29) is 0 Å². The second kappa shape index (κ2) is 5.39. The van der Waals surface area contributed by atoms with Gasteiger partial charge in [0.15, 0.2) is 0 Å². The minimum atomic E-state index is 0.872. The molecule has 0 fully saturated rings. The molecule has 70 valence electrons. The van der Waals surface area contributed by atoms with Crippen molar-refractivity contribution in [1.29, 1.82) is 0 Å². The molecule has 1 aromatic rings. The molecule has 0 saturated carbocycles. The zero-order valence-corrected chi connectivity index (χ0v) is 8.17. The third-order valence-electron chi connectivity index (χ3n) is 1.71. The highest BCUT2D eigenvalue weighted by Gasteiger charge is 1.95. The maximum atomic E-state index is 4.22. The molecule has 0 aliphatic carbocycles. The Labute approximate surface area is 79.1 Å². The van der Waals surface area contributed by atoms with Crippen LogP contribution in [0.5, 0.6) is 0 Å². The van der Waals surface area contributed by atoms with Gasteiger partial charge in [0, 0.05) is 24.7 Å². The van der Waals surface area contributed by atoms with Gasteiger partial charge in [-0.05, 0) is 14.0 Å². The topological polar surface area (TPSA) is 29.9 Å². The minimum absolute atomic E-state index is 0.872. The van der Waals surface area contributed by atoms with Crippen LogP contribution in [-0.2, 0) is 13.1 Å². The maximum Gasteiger partial charge on any atom is 0.0534 e. The van der Waals surface area contributed by atoms with Crippen molar-refractivity contribution in [2.45, 2.75) is 26.4 Å². The molecular formula is C10H15N3. The van der Waals surface area contributed by atoms with Gasteiger partial charge in [-0.3, -0.25) is 4.68 Å². The highest BCUT2D eigenvalue weighted by molar-refractivity contribution is 5.03. The van der Waals surface area contributed by atoms with Crippen LogP contribution in [0.2, 0.25) is 0 Å². The van der Waals surface area contributed by atoms with Gasteiger partial charge in [0.2, 0.25) is 0 Å². The Morgan fingerprint density at radius 2 is 2.46 bits per heavy atom. The molecule has 13 heavy (non-hydrogen) atoms. The second-order valence-corrected chi connectivity index (χ2v) is 2.82. The molecule has 0 atom stereocenters. The van der Waals surface area contributed by atoms with Crippen LogP contribution in [-0.4, -0.2) is 16.8 Å². The zero-order valence-electron chi connectivity index (χ0n) is 8.17. The van der Waals surface area contributed by atoms with Crippen LogP contribution < -0.4 is 5.32 Å². The molecule has 1 N–H and O–H groups in total. The SMILES string of the molecule is CC#CCCn1cc(CNC)cn1. The molecule has 0 unspecified atom stereocenters. The van der Waals surface area contributed by atoms with Crippen molar-refractivity contribution in [3.8, 4) is 11.8 Å². The summed E-state index contributed by atoms with van der Waals surface area (Å²) in [5.41, 5.74) is 1.21. The fourth-order valence-electron chi connectivity index (χ4n) is 1.12. The van der Waals surface area contributed by atoms with E-state index in [2.05, 4.69) is 22.3 Å². The van der Waals surface area contributed by atoms with E-state index >= 15 is 0 Å².